The summed E-state index contributed by atoms with van der Waals surface area (Å²) < 4.78 is 0. The second-order valence-electron chi connectivity index (χ2n) is 6.16. The lowest BCUT2D eigenvalue weighted by molar-refractivity contribution is -0.167. The van der Waals surface area contributed by atoms with Gasteiger partial charge < -0.3 is 5.73 Å². The first kappa shape index (κ1) is 13.1. The minimum Gasteiger partial charge on any atom is -0.370 e. The Morgan fingerprint density at radius 2 is 2.00 bits per heavy atom. The van der Waals surface area contributed by atoms with E-state index in [-0.39, 0.29) is 36.1 Å². The van der Waals surface area contributed by atoms with Gasteiger partial charge in [-0.25, -0.2) is 0 Å². The van der Waals surface area contributed by atoms with Crippen molar-refractivity contribution in [2.45, 2.75) is 40.0 Å². The summed E-state index contributed by atoms with van der Waals surface area (Å²) in [5.41, 5.74) is 4.29. The number of amides is 3. The van der Waals surface area contributed by atoms with Crippen molar-refractivity contribution in [2.24, 2.45) is 22.5 Å². The lowest BCUT2D eigenvalue weighted by atomic mass is 9.62. The highest BCUT2D eigenvalue weighted by molar-refractivity contribution is 6.04. The van der Waals surface area contributed by atoms with Crippen LogP contribution in [0.1, 0.15) is 40.0 Å². The third-order valence-corrected chi connectivity index (χ3v) is 5.09. The van der Waals surface area contributed by atoms with Crippen molar-refractivity contribution in [3.05, 3.63) is 0 Å². The zero-order valence-electron chi connectivity index (χ0n) is 11.2. The zero-order valence-corrected chi connectivity index (χ0v) is 11.2. The molecule has 0 unspecified atom stereocenters. The molecule has 0 aromatic rings. The third kappa shape index (κ3) is 1.49. The van der Waals surface area contributed by atoms with Crippen molar-refractivity contribution in [1.82, 2.24) is 4.90 Å². The molecule has 5 heteroatoms. The van der Waals surface area contributed by atoms with E-state index in [1.807, 2.05) is 20.8 Å². The normalized spacial score (nSPS) is 33.9. The Balaban J connectivity index is 2.30. The average Bonchev–Trinajstić information content (AvgIpc) is 2.44. The van der Waals surface area contributed by atoms with E-state index in [0.717, 1.165) is 12.8 Å². The van der Waals surface area contributed by atoms with Gasteiger partial charge in [0, 0.05) is 18.9 Å². The first-order valence-corrected chi connectivity index (χ1v) is 6.36. The number of rotatable bonds is 3. The maximum absolute atomic E-state index is 12.5. The van der Waals surface area contributed by atoms with Crippen LogP contribution in [0.15, 0.2) is 0 Å². The van der Waals surface area contributed by atoms with E-state index in [1.54, 1.807) is 0 Å². The monoisotopic (exact) mass is 252 g/mol. The molecule has 1 aliphatic heterocycles. The van der Waals surface area contributed by atoms with Crippen LogP contribution in [0.4, 0.5) is 0 Å². The number of carbonyl (C=O) groups excluding carboxylic acids is 3. The lowest BCUT2D eigenvalue weighted by Crippen LogP contribution is -2.59. The molecule has 18 heavy (non-hydrogen) atoms. The van der Waals surface area contributed by atoms with Crippen molar-refractivity contribution in [3.8, 4) is 0 Å². The number of hydrogen-bond donors (Lipinski definition) is 1. The van der Waals surface area contributed by atoms with E-state index in [4.69, 9.17) is 5.73 Å². The van der Waals surface area contributed by atoms with Crippen molar-refractivity contribution >= 4 is 17.7 Å². The van der Waals surface area contributed by atoms with Crippen LogP contribution in [0, 0.1) is 16.7 Å². The van der Waals surface area contributed by atoms with E-state index < -0.39 is 11.3 Å². The van der Waals surface area contributed by atoms with Crippen molar-refractivity contribution in [1.29, 1.82) is 0 Å². The summed E-state index contributed by atoms with van der Waals surface area (Å²) in [4.78, 5) is 36.9. The Hall–Kier alpha value is -1.39. The van der Waals surface area contributed by atoms with Gasteiger partial charge in [-0.1, -0.05) is 20.8 Å². The van der Waals surface area contributed by atoms with E-state index in [2.05, 4.69) is 0 Å². The number of carbonyl (C=O) groups is 3. The summed E-state index contributed by atoms with van der Waals surface area (Å²) >= 11 is 0. The molecular weight excluding hydrogens is 232 g/mol. The molecule has 1 saturated heterocycles. The maximum atomic E-state index is 12.5. The Bertz CT molecular complexity index is 430. The second kappa shape index (κ2) is 3.80. The molecule has 2 N–H and O–H groups in total. The minimum absolute atomic E-state index is 0.0424. The number of fused-ring (bicyclic) bond motifs is 2. The third-order valence-electron chi connectivity index (χ3n) is 5.09. The second-order valence-corrected chi connectivity index (χ2v) is 6.16. The van der Waals surface area contributed by atoms with Crippen LogP contribution in [-0.2, 0) is 14.4 Å². The van der Waals surface area contributed by atoms with Gasteiger partial charge in [-0.15, -0.1) is 0 Å². The van der Waals surface area contributed by atoms with Gasteiger partial charge in [0.2, 0.25) is 17.7 Å². The van der Waals surface area contributed by atoms with Crippen LogP contribution in [0.25, 0.3) is 0 Å². The van der Waals surface area contributed by atoms with E-state index in [1.165, 1.54) is 4.90 Å². The molecule has 2 bridgehead atoms. The van der Waals surface area contributed by atoms with Crippen LogP contribution < -0.4 is 5.73 Å². The number of hydrogen-bond acceptors (Lipinski definition) is 3. The van der Waals surface area contributed by atoms with Gasteiger partial charge in [-0.3, -0.25) is 19.3 Å². The summed E-state index contributed by atoms with van der Waals surface area (Å²) in [5, 5.41) is 0. The fourth-order valence-electron chi connectivity index (χ4n) is 3.34. The molecule has 0 aromatic heterocycles. The number of nitrogens with two attached hydrogens (primary N) is 1. The molecular formula is C13H20N2O3. The molecule has 3 amide bonds. The van der Waals surface area contributed by atoms with E-state index in [9.17, 15) is 14.4 Å². The van der Waals surface area contributed by atoms with Crippen molar-refractivity contribution in [2.75, 3.05) is 6.54 Å². The molecule has 5 nitrogen and oxygen atoms in total. The number of piperidine rings is 1. The van der Waals surface area contributed by atoms with Crippen LogP contribution in [0.2, 0.25) is 0 Å². The predicted molar refractivity (Wildman–Crippen MR) is 65.1 cm³/mol. The van der Waals surface area contributed by atoms with Gasteiger partial charge in [0.1, 0.15) is 0 Å². The lowest BCUT2D eigenvalue weighted by Gasteiger charge is -2.47. The molecule has 2 atom stereocenters. The molecule has 1 saturated carbocycles. The smallest absolute Gasteiger partial charge is 0.235 e. The minimum atomic E-state index is -0.497. The number of likely N-dealkylation sites (tertiary alicyclic amines) is 1. The molecule has 2 rings (SSSR count). The van der Waals surface area contributed by atoms with Gasteiger partial charge >= 0.3 is 0 Å². The SMILES string of the molecule is CC1(C)[C@H]2CC[C@]1(C)C(=O)N(CCC(N)=O)C2=O. The average molecular weight is 252 g/mol. The number of imide groups is 1. The molecule has 0 radical (unpaired) electrons. The van der Waals surface area contributed by atoms with Crippen molar-refractivity contribution < 1.29 is 14.4 Å². The number of primary amides is 1. The molecule has 1 aliphatic carbocycles. The summed E-state index contributed by atoms with van der Waals surface area (Å²) in [6.07, 6.45) is 1.53. The molecule has 2 fully saturated rings. The summed E-state index contributed by atoms with van der Waals surface area (Å²) in [5.74, 6) is -0.889. The Labute approximate surface area is 107 Å². The first-order chi connectivity index (χ1) is 8.22. The largest absolute Gasteiger partial charge is 0.370 e. The quantitative estimate of drug-likeness (QED) is 0.750. The summed E-state index contributed by atoms with van der Waals surface area (Å²) in [7, 11) is 0. The van der Waals surface area contributed by atoms with Crippen LogP contribution >= 0.6 is 0 Å². The van der Waals surface area contributed by atoms with Gasteiger partial charge in [0.15, 0.2) is 0 Å². The van der Waals surface area contributed by atoms with Gasteiger partial charge in [0.25, 0.3) is 0 Å². The summed E-state index contributed by atoms with van der Waals surface area (Å²) in [6, 6.07) is 0. The van der Waals surface area contributed by atoms with Crippen LogP contribution in [0.5, 0.6) is 0 Å². The highest BCUT2D eigenvalue weighted by atomic mass is 16.2. The van der Waals surface area contributed by atoms with Crippen LogP contribution in [-0.4, -0.2) is 29.2 Å². The zero-order chi connectivity index (χ0) is 13.7. The molecule has 1 heterocycles. The fraction of sp³-hybridized carbons (Fsp3) is 0.769. The van der Waals surface area contributed by atoms with Crippen LogP contribution in [0.3, 0.4) is 0 Å². The Morgan fingerprint density at radius 3 is 2.56 bits per heavy atom. The first-order valence-electron chi connectivity index (χ1n) is 6.36. The van der Waals surface area contributed by atoms with Crippen molar-refractivity contribution in [3.63, 3.8) is 0 Å². The van der Waals surface area contributed by atoms with E-state index >= 15 is 0 Å². The summed E-state index contributed by atoms with van der Waals surface area (Å²) in [6.45, 7) is 6.03. The fourth-order valence-corrected chi connectivity index (χ4v) is 3.34. The maximum Gasteiger partial charge on any atom is 0.235 e. The molecule has 2 aliphatic rings. The Kier molecular flexibility index (Phi) is 2.76. The molecule has 0 aromatic carbocycles. The standard InChI is InChI=1S/C13H20N2O3/c1-12(2)8-4-6-13(12,3)11(18)15(10(8)17)7-5-9(14)16/h8H,4-7H2,1-3H3,(H2,14,16)/t8-,13+/m0/s1. The predicted octanol–water partition coefficient (Wildman–Crippen LogP) is 0.673. The van der Waals surface area contributed by atoms with Gasteiger partial charge in [-0.05, 0) is 18.3 Å². The molecule has 100 valence electrons. The van der Waals surface area contributed by atoms with Gasteiger partial charge in [-0.2, -0.15) is 0 Å². The van der Waals surface area contributed by atoms with E-state index in [0.29, 0.717) is 0 Å². The Morgan fingerprint density at radius 1 is 1.39 bits per heavy atom. The molecule has 0 spiro atoms. The highest BCUT2D eigenvalue weighted by Crippen LogP contribution is 2.59. The highest BCUT2D eigenvalue weighted by Gasteiger charge is 2.64. The topological polar surface area (TPSA) is 80.5 Å². The van der Waals surface area contributed by atoms with Gasteiger partial charge in [0.05, 0.1) is 5.41 Å². The number of nitrogens with zero attached hydrogens (tertiary/aromatic N) is 1.